The van der Waals surface area contributed by atoms with Crippen LogP contribution in [0.25, 0.3) is 17.1 Å². The van der Waals surface area contributed by atoms with Gasteiger partial charge in [0.2, 0.25) is 0 Å². The number of aryl methyl sites for hydroxylation is 1. The molecule has 0 saturated carbocycles. The first-order valence-corrected chi connectivity index (χ1v) is 6.50. The van der Waals surface area contributed by atoms with Gasteiger partial charge in [-0.25, -0.2) is 4.68 Å². The van der Waals surface area contributed by atoms with Crippen molar-refractivity contribution < 1.29 is 4.52 Å². The van der Waals surface area contributed by atoms with Gasteiger partial charge in [-0.3, -0.25) is 0 Å². The highest BCUT2D eigenvalue weighted by Crippen LogP contribution is 2.18. The molecule has 6 heteroatoms. The van der Waals surface area contributed by atoms with Gasteiger partial charge < -0.3 is 10.3 Å². The highest BCUT2D eigenvalue weighted by Gasteiger charge is 2.11. The molecule has 0 amide bonds. The Labute approximate surface area is 116 Å². The zero-order valence-corrected chi connectivity index (χ0v) is 10.9. The van der Waals surface area contributed by atoms with Gasteiger partial charge in [-0.2, -0.15) is 10.1 Å². The highest BCUT2D eigenvalue weighted by molar-refractivity contribution is 5.51. The minimum Gasteiger partial charge on any atom is -0.334 e. The molecule has 0 aliphatic carbocycles. The van der Waals surface area contributed by atoms with Crippen LogP contribution >= 0.6 is 0 Å². The molecule has 1 aromatic carbocycles. The average molecular weight is 269 g/mol. The van der Waals surface area contributed by atoms with Crippen molar-refractivity contribution in [1.29, 1.82) is 0 Å². The van der Waals surface area contributed by atoms with Crippen LogP contribution in [-0.2, 0) is 6.42 Å². The zero-order chi connectivity index (χ0) is 13.8. The van der Waals surface area contributed by atoms with E-state index in [0.717, 1.165) is 24.1 Å². The molecule has 0 fully saturated rings. The molecule has 6 nitrogen and oxygen atoms in total. The first-order valence-electron chi connectivity index (χ1n) is 6.50. The summed E-state index contributed by atoms with van der Waals surface area (Å²) in [6.45, 7) is 0.621. The van der Waals surface area contributed by atoms with Crippen molar-refractivity contribution >= 4 is 0 Å². The van der Waals surface area contributed by atoms with E-state index in [4.69, 9.17) is 10.3 Å². The number of para-hydroxylation sites is 1. The van der Waals surface area contributed by atoms with E-state index in [-0.39, 0.29) is 0 Å². The molecule has 0 unspecified atom stereocenters. The van der Waals surface area contributed by atoms with Gasteiger partial charge in [0.1, 0.15) is 0 Å². The molecule has 2 heterocycles. The van der Waals surface area contributed by atoms with Gasteiger partial charge in [0.05, 0.1) is 17.4 Å². The van der Waals surface area contributed by atoms with Crippen LogP contribution in [0.3, 0.4) is 0 Å². The number of aromatic nitrogens is 4. The third-order valence-corrected chi connectivity index (χ3v) is 2.92. The maximum atomic E-state index is 5.46. The molecule has 0 spiro atoms. The van der Waals surface area contributed by atoms with Crippen LogP contribution in [0.15, 0.2) is 47.2 Å². The monoisotopic (exact) mass is 269 g/mol. The highest BCUT2D eigenvalue weighted by atomic mass is 16.5. The fourth-order valence-electron chi connectivity index (χ4n) is 1.89. The van der Waals surface area contributed by atoms with Crippen LogP contribution in [0.1, 0.15) is 12.2 Å². The maximum Gasteiger partial charge on any atom is 0.261 e. The maximum absolute atomic E-state index is 5.46. The molecule has 2 N–H and O–H groups in total. The molecule has 0 bridgehead atoms. The molecule has 0 atom stereocenters. The second-order valence-corrected chi connectivity index (χ2v) is 4.42. The van der Waals surface area contributed by atoms with Crippen LogP contribution in [0.5, 0.6) is 0 Å². The number of hydrogen-bond donors (Lipinski definition) is 1. The lowest BCUT2D eigenvalue weighted by Gasteiger charge is -1.98. The first-order chi connectivity index (χ1) is 9.86. The van der Waals surface area contributed by atoms with Crippen LogP contribution in [-0.4, -0.2) is 26.5 Å². The topological polar surface area (TPSA) is 82.8 Å². The lowest BCUT2D eigenvalue weighted by molar-refractivity contribution is 0.422. The minimum atomic E-state index is 0.485. The van der Waals surface area contributed by atoms with E-state index in [1.165, 1.54) is 0 Å². The molecule has 20 heavy (non-hydrogen) atoms. The van der Waals surface area contributed by atoms with Crippen molar-refractivity contribution in [2.24, 2.45) is 5.73 Å². The Kier molecular flexibility index (Phi) is 3.56. The standard InChI is InChI=1S/C14H15N5O/c15-8-4-7-13-17-14(20-18-13)11-9-16-19(10-11)12-5-2-1-3-6-12/h1-3,5-6,9-10H,4,7-8,15H2. The van der Waals surface area contributed by atoms with Gasteiger partial charge in [0, 0.05) is 12.6 Å². The summed E-state index contributed by atoms with van der Waals surface area (Å²) in [5.41, 5.74) is 7.26. The van der Waals surface area contributed by atoms with E-state index in [1.54, 1.807) is 10.9 Å². The van der Waals surface area contributed by atoms with Gasteiger partial charge in [-0.05, 0) is 25.1 Å². The van der Waals surface area contributed by atoms with E-state index in [2.05, 4.69) is 15.2 Å². The second kappa shape index (κ2) is 5.66. The van der Waals surface area contributed by atoms with Crippen LogP contribution in [0.2, 0.25) is 0 Å². The smallest absolute Gasteiger partial charge is 0.261 e. The Morgan fingerprint density at radius 1 is 1.20 bits per heavy atom. The Morgan fingerprint density at radius 2 is 2.05 bits per heavy atom. The molecule has 102 valence electrons. The van der Waals surface area contributed by atoms with Crippen molar-refractivity contribution in [3.8, 4) is 17.1 Å². The molecular formula is C14H15N5O. The molecule has 0 radical (unpaired) electrons. The zero-order valence-electron chi connectivity index (χ0n) is 10.9. The number of hydrogen-bond acceptors (Lipinski definition) is 5. The minimum absolute atomic E-state index is 0.485. The van der Waals surface area contributed by atoms with Gasteiger partial charge in [-0.1, -0.05) is 23.4 Å². The van der Waals surface area contributed by atoms with E-state index < -0.39 is 0 Å². The predicted molar refractivity (Wildman–Crippen MR) is 74.2 cm³/mol. The van der Waals surface area contributed by atoms with E-state index >= 15 is 0 Å². The fraction of sp³-hybridized carbons (Fsp3) is 0.214. The summed E-state index contributed by atoms with van der Waals surface area (Å²) < 4.78 is 7.02. The number of nitrogens with two attached hydrogens (primary N) is 1. The van der Waals surface area contributed by atoms with E-state index in [0.29, 0.717) is 18.3 Å². The van der Waals surface area contributed by atoms with Crippen LogP contribution in [0, 0.1) is 0 Å². The van der Waals surface area contributed by atoms with Crippen molar-refractivity contribution in [3.05, 3.63) is 48.5 Å². The van der Waals surface area contributed by atoms with Crippen molar-refractivity contribution in [1.82, 2.24) is 19.9 Å². The summed E-state index contributed by atoms with van der Waals surface area (Å²) in [4.78, 5) is 4.34. The van der Waals surface area contributed by atoms with Gasteiger partial charge in [0.25, 0.3) is 5.89 Å². The summed E-state index contributed by atoms with van der Waals surface area (Å²) in [5.74, 6) is 1.16. The Bertz CT molecular complexity index is 674. The number of nitrogens with zero attached hydrogens (tertiary/aromatic N) is 4. The summed E-state index contributed by atoms with van der Waals surface area (Å²) in [5, 5.41) is 8.24. The lowest BCUT2D eigenvalue weighted by Crippen LogP contribution is -2.01. The normalized spacial score (nSPS) is 10.8. The van der Waals surface area contributed by atoms with Crippen molar-refractivity contribution in [2.45, 2.75) is 12.8 Å². The predicted octanol–water partition coefficient (Wildman–Crippen LogP) is 1.81. The molecule has 0 saturated heterocycles. The van der Waals surface area contributed by atoms with E-state index in [9.17, 15) is 0 Å². The van der Waals surface area contributed by atoms with Gasteiger partial charge >= 0.3 is 0 Å². The largest absolute Gasteiger partial charge is 0.334 e. The Balaban J connectivity index is 1.81. The van der Waals surface area contributed by atoms with Gasteiger partial charge in [-0.15, -0.1) is 0 Å². The van der Waals surface area contributed by atoms with E-state index in [1.807, 2.05) is 36.5 Å². The summed E-state index contributed by atoms with van der Waals surface area (Å²) >= 11 is 0. The lowest BCUT2D eigenvalue weighted by atomic mass is 10.3. The third-order valence-electron chi connectivity index (χ3n) is 2.92. The fourth-order valence-corrected chi connectivity index (χ4v) is 1.89. The average Bonchev–Trinajstić information content (AvgIpc) is 3.15. The van der Waals surface area contributed by atoms with Crippen molar-refractivity contribution in [2.75, 3.05) is 6.54 Å². The second-order valence-electron chi connectivity index (χ2n) is 4.42. The van der Waals surface area contributed by atoms with Gasteiger partial charge in [0.15, 0.2) is 5.82 Å². The number of benzene rings is 1. The molecule has 3 aromatic rings. The summed E-state index contributed by atoms with van der Waals surface area (Å²) in [6, 6.07) is 9.87. The Morgan fingerprint density at radius 3 is 2.85 bits per heavy atom. The molecule has 0 aliphatic rings. The SMILES string of the molecule is NCCCc1noc(-c2cnn(-c3ccccc3)c2)n1. The molecule has 0 aliphatic heterocycles. The first kappa shape index (κ1) is 12.6. The van der Waals surface area contributed by atoms with Crippen molar-refractivity contribution in [3.63, 3.8) is 0 Å². The van der Waals surface area contributed by atoms with Crippen LogP contribution < -0.4 is 5.73 Å². The Hall–Kier alpha value is -2.47. The summed E-state index contributed by atoms with van der Waals surface area (Å²) in [6.07, 6.45) is 5.16. The molecule has 2 aromatic heterocycles. The quantitative estimate of drug-likeness (QED) is 0.763. The third kappa shape index (κ3) is 2.60. The molecule has 3 rings (SSSR count). The molecular weight excluding hydrogens is 254 g/mol. The summed E-state index contributed by atoms with van der Waals surface area (Å²) in [7, 11) is 0. The number of rotatable bonds is 5. The van der Waals surface area contributed by atoms with Crippen LogP contribution in [0.4, 0.5) is 0 Å².